The summed E-state index contributed by atoms with van der Waals surface area (Å²) in [6.07, 6.45) is 5.62. The Balaban J connectivity index is 0.000000493. The van der Waals surface area contributed by atoms with Gasteiger partial charge in [0, 0.05) is 77.5 Å². The summed E-state index contributed by atoms with van der Waals surface area (Å²) < 4.78 is 6.04. The van der Waals surface area contributed by atoms with E-state index in [-0.39, 0.29) is 25.3 Å². The number of hydrogen-bond donors (Lipinski definition) is 4. The SMILES string of the molecule is CC(C)O.CO.CON(C)c1ccc(-c2nc3c(s2)C(O)CCC3)cc1.CON(C)c1ccc(C#N)cc1.CON(C)c1ccc(C(N)=S)cc1.N#Cc1ccc(Br)cc1.O=C1CCCC2OC12.S=PP(P=S)P=S=S=S=S=S=S=S=S. The maximum absolute atomic E-state index is 10.7. The van der Waals surface area contributed by atoms with Crippen LogP contribution in [-0.2, 0) is 128 Å². The first kappa shape index (κ1) is 78.2. The molecule has 1 saturated carbocycles. The molecule has 3 aliphatic rings. The van der Waals surface area contributed by atoms with E-state index in [0.29, 0.717) is 28.0 Å². The number of halogens is 1. The molecule has 5 N–H and O–H groups in total. The number of epoxide rings is 1. The number of hydroxylamine groups is 3. The molecule has 0 bridgehead atoms. The smallest absolute Gasteiger partial charge is 0.164 e. The fourth-order valence-electron chi connectivity index (χ4n) is 6.17. The van der Waals surface area contributed by atoms with E-state index in [4.69, 9.17) is 92.7 Å². The molecule has 2 aliphatic carbocycles. The molecule has 3 atom stereocenters. The summed E-state index contributed by atoms with van der Waals surface area (Å²) >= 11 is 24.4. The van der Waals surface area contributed by atoms with Crippen LogP contribution in [0, 0.1) is 22.7 Å². The van der Waals surface area contributed by atoms with Crippen LogP contribution in [0.1, 0.15) is 79.3 Å². The largest absolute Gasteiger partial charge is 0.400 e. The summed E-state index contributed by atoms with van der Waals surface area (Å²) in [6, 6.07) is 34.1. The molecule has 15 nitrogen and oxygen atoms in total. The van der Waals surface area contributed by atoms with Crippen molar-refractivity contribution >= 4 is 193 Å². The van der Waals surface area contributed by atoms with E-state index in [1.807, 2.05) is 102 Å². The molecule has 5 aromatic rings. The van der Waals surface area contributed by atoms with E-state index in [2.05, 4.69) is 27.0 Å². The average Bonchev–Trinajstić information content (AvgIpc) is 4.37. The molecule has 0 spiro atoms. The van der Waals surface area contributed by atoms with Crippen LogP contribution in [0.2, 0.25) is 0 Å². The minimum atomic E-state index is -0.330. The van der Waals surface area contributed by atoms with Gasteiger partial charge in [-0.25, -0.2) is 4.98 Å². The third kappa shape index (κ3) is 32.8. The van der Waals surface area contributed by atoms with E-state index in [9.17, 15) is 9.90 Å². The van der Waals surface area contributed by atoms with Gasteiger partial charge >= 0.3 is 0 Å². The third-order valence-electron chi connectivity index (χ3n) is 10.3. The Hall–Kier alpha value is -1.82. The molecule has 8 rings (SSSR count). The number of thiocarbonyl (C=S) groups is 1. The number of aryl methyl sites for hydroxylation is 1. The van der Waals surface area contributed by atoms with Crippen LogP contribution in [0.5, 0.6) is 0 Å². The quantitative estimate of drug-likeness (QED) is 0.0419. The van der Waals surface area contributed by atoms with Gasteiger partial charge in [-0.05, 0) is 217 Å². The number of aliphatic hydroxyl groups is 3. The first-order valence-electron chi connectivity index (χ1n) is 23.8. The lowest BCUT2D eigenvalue weighted by Gasteiger charge is -2.15. The lowest BCUT2D eigenvalue weighted by Crippen LogP contribution is -2.15. The van der Waals surface area contributed by atoms with Crippen molar-refractivity contribution in [2.45, 2.75) is 76.8 Å². The number of aliphatic hydroxyl groups excluding tert-OH is 3. The highest BCUT2D eigenvalue weighted by molar-refractivity contribution is 9.10. The van der Waals surface area contributed by atoms with Crippen molar-refractivity contribution < 1.29 is 39.4 Å². The number of aromatic nitrogens is 1. The molecule has 4 aromatic carbocycles. The van der Waals surface area contributed by atoms with Crippen molar-refractivity contribution in [3.63, 3.8) is 0 Å². The summed E-state index contributed by atoms with van der Waals surface area (Å²) in [7, 11) is 26.6. The van der Waals surface area contributed by atoms with Crippen molar-refractivity contribution in [2.75, 3.05) is 64.8 Å². The van der Waals surface area contributed by atoms with E-state index in [0.717, 1.165) is 108 Å². The van der Waals surface area contributed by atoms with Crippen LogP contribution in [0.15, 0.2) is 102 Å². The Morgan fingerprint density at radius 3 is 1.67 bits per heavy atom. The Morgan fingerprint density at radius 1 is 0.793 bits per heavy atom. The summed E-state index contributed by atoms with van der Waals surface area (Å²) in [4.78, 5) is 32.0. The van der Waals surface area contributed by atoms with Gasteiger partial charge in [0.05, 0.1) is 91.4 Å². The van der Waals surface area contributed by atoms with Gasteiger partial charge in [-0.3, -0.25) is 34.5 Å². The molecular formula is C50H64BrN7O8P4S12. The van der Waals surface area contributed by atoms with Crippen molar-refractivity contribution in [1.29, 1.82) is 10.5 Å². The number of anilines is 3. The number of benzene rings is 4. The first-order chi connectivity index (χ1) is 39.4. The molecule has 32 heteroatoms. The lowest BCUT2D eigenvalue weighted by molar-refractivity contribution is -0.120. The van der Waals surface area contributed by atoms with Crippen LogP contribution in [0.4, 0.5) is 17.1 Å². The van der Waals surface area contributed by atoms with Gasteiger partial charge in [0.15, 0.2) is 5.78 Å². The second-order valence-electron chi connectivity index (χ2n) is 16.1. The monoisotopic (exact) mass is 1480 g/mol. The molecule has 1 aliphatic heterocycles. The number of nitriles is 2. The zero-order valence-electron chi connectivity index (χ0n) is 46.0. The van der Waals surface area contributed by atoms with Gasteiger partial charge < -0.3 is 25.8 Å². The fraction of sp³-hybridized carbons (Fsp3) is 0.380. The Kier molecular flexibility index (Phi) is 45.1. The van der Waals surface area contributed by atoms with Crippen LogP contribution < -0.4 is 20.9 Å². The molecule has 2 heterocycles. The Bertz CT molecular complexity index is 3150. The highest BCUT2D eigenvalue weighted by Crippen LogP contribution is 2.69. The van der Waals surface area contributed by atoms with Crippen molar-refractivity contribution in [3.8, 4) is 22.7 Å². The van der Waals surface area contributed by atoms with Gasteiger partial charge in [-0.15, -0.1) is 11.3 Å². The van der Waals surface area contributed by atoms with Crippen molar-refractivity contribution in [3.05, 3.63) is 129 Å². The minimum Gasteiger partial charge on any atom is -0.400 e. The number of Topliss-reactive ketones (excluding diaryl/α,β-unsaturated/α-hetero) is 1. The number of thiazole rings is 1. The molecule has 2 fully saturated rings. The predicted molar refractivity (Wildman–Crippen MR) is 378 cm³/mol. The first-order valence-corrected chi connectivity index (χ1v) is 44.4. The van der Waals surface area contributed by atoms with Gasteiger partial charge in [0.2, 0.25) is 0 Å². The Morgan fingerprint density at radius 2 is 1.24 bits per heavy atom. The lowest BCUT2D eigenvalue weighted by atomic mass is 10.00. The fourth-order valence-corrected chi connectivity index (χ4v) is 43.0. The molecule has 3 unspecified atom stereocenters. The number of ether oxygens (including phenoxy) is 1. The van der Waals surface area contributed by atoms with E-state index < -0.39 is 0 Å². The number of nitrogens with zero attached hydrogens (tertiary/aromatic N) is 6. The topological polar surface area (TPSA) is 214 Å². The number of carbonyl (C=O) groups is 1. The molecule has 82 heavy (non-hydrogen) atoms. The van der Waals surface area contributed by atoms with Gasteiger partial charge in [0.25, 0.3) is 0 Å². The maximum Gasteiger partial charge on any atom is 0.164 e. The zero-order chi connectivity index (χ0) is 61.4. The van der Waals surface area contributed by atoms with Crippen LogP contribution >= 0.6 is 67.6 Å². The highest BCUT2D eigenvalue weighted by atomic mass is 79.9. The summed E-state index contributed by atoms with van der Waals surface area (Å²) in [6.45, 7) is 3.29. The second kappa shape index (κ2) is 47.3. The van der Waals surface area contributed by atoms with Gasteiger partial charge in [0.1, 0.15) is 16.1 Å². The maximum atomic E-state index is 10.7. The van der Waals surface area contributed by atoms with Crippen molar-refractivity contribution in [2.24, 2.45) is 5.73 Å². The number of rotatable bonds is 11. The zero-order valence-corrected chi connectivity index (χ0v) is 61.0. The standard InChI is InChI=1S/C15H18N2O2S.C9H12N2OS.C9H10N2O.C7H4BrN.C6H8O2.C3H8O.CH4O.P4S10/c1-17(19-2)11-8-6-10(7-9-11)15-16-12-4-3-5-13(18)14(12)20-15;1-11(12-2)8-5-3-7(4-6-8)9(10)13;1-11(12-2)9-5-3-8(7-10)4-6-9;8-7-3-1-6(5-9)2-4-7;7-4-2-1-3-5-6(4)8-5;1-3(2)4;1-2;5-1-4(2-6)3-8-10-12-14-13-11-9-7/h6-9,13,18H,3-5H2,1-2H3;3-6H,1-2H3,(H2,10,13);3-6H,1-2H3;1-4H;5-6H,1-3H2;3-4H,1-2H3;2H,1H3;. The molecule has 1 saturated heterocycles. The average molecular weight is 1480 g/mol. The number of fused-ring (bicyclic) bond motifs is 2. The number of nitrogens with two attached hydrogens (primary N) is 1. The third-order valence-corrected chi connectivity index (χ3v) is 46.1. The highest BCUT2D eigenvalue weighted by Gasteiger charge is 2.46. The molecule has 0 radical (unpaired) electrons. The summed E-state index contributed by atoms with van der Waals surface area (Å²) in [5.74, 6) is 0.321. The van der Waals surface area contributed by atoms with Crippen LogP contribution in [-0.4, -0.2) is 99.0 Å². The molecule has 446 valence electrons. The van der Waals surface area contributed by atoms with Crippen molar-refractivity contribution in [1.82, 2.24) is 4.98 Å². The van der Waals surface area contributed by atoms with Gasteiger partial charge in [-0.1, -0.05) is 51.8 Å². The summed E-state index contributed by atoms with van der Waals surface area (Å²) in [5, 5.41) is 47.9. The number of hydrogen-bond acceptors (Lipinski definition) is 19. The summed E-state index contributed by atoms with van der Waals surface area (Å²) in [5.41, 5.74) is 12.7. The van der Waals surface area contributed by atoms with Gasteiger partial charge in [-0.2, -0.15) is 10.5 Å². The second-order valence-corrected chi connectivity index (χ2v) is 44.3. The van der Waals surface area contributed by atoms with Crippen LogP contribution in [0.25, 0.3) is 10.6 Å². The van der Waals surface area contributed by atoms with E-state index in [1.165, 1.54) is 15.9 Å². The molecular weight excluding hydrogens is 1420 g/mol. The van der Waals surface area contributed by atoms with E-state index >= 15 is 0 Å². The minimum absolute atomic E-state index is 0.0312. The number of ketones is 1. The molecule has 1 aromatic heterocycles. The van der Waals surface area contributed by atoms with E-state index in [1.54, 1.807) is 137 Å². The Labute approximate surface area is 541 Å². The van der Waals surface area contributed by atoms with Crippen LogP contribution in [0.3, 0.4) is 0 Å². The predicted octanol–water partition coefficient (Wildman–Crippen LogP) is 12.3. The number of carbonyl (C=O) groups excluding carboxylic acids is 1. The molecule has 0 amide bonds. The normalized spacial score (nSPS) is 14.9.